The number of amides is 1. The first-order chi connectivity index (χ1) is 7.47. The third-order valence-corrected chi connectivity index (χ3v) is 2.49. The molecular formula is C10H18N4O2. The predicted molar refractivity (Wildman–Crippen MR) is 59.1 cm³/mol. The van der Waals surface area contributed by atoms with Gasteiger partial charge in [-0.05, 0) is 6.92 Å². The number of nitrogens with one attached hydrogen (secondary N) is 1. The number of aromatic nitrogens is 3. The van der Waals surface area contributed by atoms with E-state index in [1.165, 1.54) is 4.90 Å². The molecule has 1 unspecified atom stereocenters. The highest BCUT2D eigenvalue weighted by Crippen LogP contribution is 2.09. The van der Waals surface area contributed by atoms with Gasteiger partial charge in [-0.25, -0.2) is 4.98 Å². The van der Waals surface area contributed by atoms with Crippen LogP contribution in [0.4, 0.5) is 0 Å². The molecule has 0 aliphatic rings. The Kier molecular flexibility index (Phi) is 4.00. The van der Waals surface area contributed by atoms with Crippen molar-refractivity contribution in [3.05, 3.63) is 11.6 Å². The summed E-state index contributed by atoms with van der Waals surface area (Å²) in [5.41, 5.74) is 0. The van der Waals surface area contributed by atoms with E-state index in [9.17, 15) is 4.79 Å². The highest BCUT2D eigenvalue weighted by atomic mass is 16.3. The number of carbonyl (C=O) groups is 1. The van der Waals surface area contributed by atoms with E-state index in [0.717, 1.165) is 0 Å². The zero-order valence-corrected chi connectivity index (χ0v) is 10.1. The molecule has 0 bridgehead atoms. The lowest BCUT2D eigenvalue weighted by Crippen LogP contribution is -2.37. The van der Waals surface area contributed by atoms with Crippen LogP contribution in [0.15, 0.2) is 0 Å². The highest BCUT2D eigenvalue weighted by Gasteiger charge is 2.21. The summed E-state index contributed by atoms with van der Waals surface area (Å²) in [5, 5.41) is 15.5. The van der Waals surface area contributed by atoms with Gasteiger partial charge in [-0.1, -0.05) is 13.8 Å². The van der Waals surface area contributed by atoms with Crippen molar-refractivity contribution in [2.24, 2.45) is 0 Å². The number of likely N-dealkylation sites (N-methyl/N-ethyl adjacent to an activating group) is 1. The molecule has 0 spiro atoms. The molecule has 2 N–H and O–H groups in total. The summed E-state index contributed by atoms with van der Waals surface area (Å²) in [7, 11) is 1.62. The summed E-state index contributed by atoms with van der Waals surface area (Å²) in [4.78, 5) is 17.4. The van der Waals surface area contributed by atoms with E-state index in [1.807, 2.05) is 13.8 Å². The fraction of sp³-hybridized carbons (Fsp3) is 0.700. The number of aliphatic hydroxyl groups is 1. The van der Waals surface area contributed by atoms with Gasteiger partial charge in [0.15, 0.2) is 0 Å². The molecule has 16 heavy (non-hydrogen) atoms. The third-order valence-electron chi connectivity index (χ3n) is 2.49. The molecule has 0 aliphatic carbocycles. The molecule has 0 saturated heterocycles. The minimum atomic E-state index is -0.287. The molecule has 0 fully saturated rings. The summed E-state index contributed by atoms with van der Waals surface area (Å²) < 4.78 is 0. The number of hydrogen-bond acceptors (Lipinski definition) is 4. The van der Waals surface area contributed by atoms with Gasteiger partial charge in [0.05, 0.1) is 12.6 Å². The van der Waals surface area contributed by atoms with Crippen molar-refractivity contribution in [3.8, 4) is 0 Å². The fourth-order valence-electron chi connectivity index (χ4n) is 1.11. The van der Waals surface area contributed by atoms with Crippen molar-refractivity contribution in [3.63, 3.8) is 0 Å². The van der Waals surface area contributed by atoms with Gasteiger partial charge < -0.3 is 10.0 Å². The first-order valence-corrected chi connectivity index (χ1v) is 5.27. The van der Waals surface area contributed by atoms with Crippen LogP contribution >= 0.6 is 0 Å². The maximum Gasteiger partial charge on any atom is 0.293 e. The van der Waals surface area contributed by atoms with E-state index in [1.54, 1.807) is 14.0 Å². The molecule has 1 atom stereocenters. The Morgan fingerprint density at radius 3 is 2.56 bits per heavy atom. The number of carbonyl (C=O) groups excluding carboxylic acids is 1. The highest BCUT2D eigenvalue weighted by molar-refractivity contribution is 5.90. The van der Waals surface area contributed by atoms with Crippen LogP contribution in [0.25, 0.3) is 0 Å². The molecule has 1 aromatic heterocycles. The average Bonchev–Trinajstić information content (AvgIpc) is 2.75. The molecule has 1 aromatic rings. The van der Waals surface area contributed by atoms with E-state index in [0.29, 0.717) is 5.82 Å². The van der Waals surface area contributed by atoms with Crippen LogP contribution < -0.4 is 0 Å². The van der Waals surface area contributed by atoms with Crippen LogP contribution in [-0.4, -0.2) is 50.8 Å². The van der Waals surface area contributed by atoms with E-state index >= 15 is 0 Å². The van der Waals surface area contributed by atoms with E-state index in [2.05, 4.69) is 15.2 Å². The average molecular weight is 226 g/mol. The Morgan fingerprint density at radius 2 is 2.12 bits per heavy atom. The summed E-state index contributed by atoms with van der Waals surface area (Å²) in [6, 6.07) is -0.242. The Balaban J connectivity index is 2.80. The Bertz CT molecular complexity index is 361. The van der Waals surface area contributed by atoms with Crippen molar-refractivity contribution in [1.29, 1.82) is 0 Å². The minimum absolute atomic E-state index is 0.0797. The predicted octanol–water partition coefficient (Wildman–Crippen LogP) is 0.381. The number of hydrogen-bond donors (Lipinski definition) is 2. The van der Waals surface area contributed by atoms with Crippen LogP contribution in [0, 0.1) is 0 Å². The minimum Gasteiger partial charge on any atom is -0.394 e. The summed E-state index contributed by atoms with van der Waals surface area (Å²) in [6.45, 7) is 5.61. The molecule has 0 aromatic carbocycles. The van der Waals surface area contributed by atoms with Gasteiger partial charge in [0, 0.05) is 13.0 Å². The lowest BCUT2D eigenvalue weighted by molar-refractivity contribution is 0.0670. The number of H-pyrrole nitrogens is 1. The SMILES string of the molecule is CC(C)c1nc(C(=O)N(C)C(C)CO)n[nH]1. The molecule has 1 rings (SSSR count). The van der Waals surface area contributed by atoms with Crippen LogP contribution in [0.2, 0.25) is 0 Å². The normalized spacial score (nSPS) is 12.9. The standard InChI is InChI=1S/C10H18N4O2/c1-6(2)8-11-9(13-12-8)10(16)14(4)7(3)5-15/h6-7,15H,5H2,1-4H3,(H,11,12,13). The maximum atomic E-state index is 11.9. The van der Waals surface area contributed by atoms with Crippen LogP contribution in [0.1, 0.15) is 43.1 Å². The Hall–Kier alpha value is -1.43. The van der Waals surface area contributed by atoms with E-state index in [-0.39, 0.29) is 30.3 Å². The Morgan fingerprint density at radius 1 is 1.50 bits per heavy atom. The van der Waals surface area contributed by atoms with Gasteiger partial charge >= 0.3 is 0 Å². The molecule has 1 heterocycles. The van der Waals surface area contributed by atoms with Crippen LogP contribution in [0.3, 0.4) is 0 Å². The van der Waals surface area contributed by atoms with Crippen molar-refractivity contribution in [2.45, 2.75) is 32.7 Å². The molecule has 90 valence electrons. The largest absolute Gasteiger partial charge is 0.394 e. The topological polar surface area (TPSA) is 82.1 Å². The van der Waals surface area contributed by atoms with Gasteiger partial charge in [-0.2, -0.15) is 0 Å². The zero-order chi connectivity index (χ0) is 12.3. The number of nitrogens with zero attached hydrogens (tertiary/aromatic N) is 3. The van der Waals surface area contributed by atoms with Gasteiger partial charge in [0.1, 0.15) is 5.82 Å². The van der Waals surface area contributed by atoms with Crippen molar-refractivity contribution >= 4 is 5.91 Å². The van der Waals surface area contributed by atoms with Gasteiger partial charge in [0.2, 0.25) is 5.82 Å². The lowest BCUT2D eigenvalue weighted by Gasteiger charge is -2.21. The molecule has 0 aliphatic heterocycles. The summed E-state index contributed by atoms with van der Waals surface area (Å²) in [6.07, 6.45) is 0. The number of rotatable bonds is 4. The fourth-order valence-corrected chi connectivity index (χ4v) is 1.11. The lowest BCUT2D eigenvalue weighted by atomic mass is 10.2. The van der Waals surface area contributed by atoms with Crippen LogP contribution in [0.5, 0.6) is 0 Å². The number of aromatic amines is 1. The molecule has 6 nitrogen and oxygen atoms in total. The summed E-state index contributed by atoms with van der Waals surface area (Å²) in [5.74, 6) is 0.749. The molecule has 0 radical (unpaired) electrons. The van der Waals surface area contributed by atoms with Crippen molar-refractivity contribution in [2.75, 3.05) is 13.7 Å². The first kappa shape index (κ1) is 12.6. The molecule has 0 saturated carbocycles. The molecule has 6 heteroatoms. The Labute approximate surface area is 94.7 Å². The quantitative estimate of drug-likeness (QED) is 0.777. The molecule has 1 amide bonds. The van der Waals surface area contributed by atoms with Crippen molar-refractivity contribution in [1.82, 2.24) is 20.1 Å². The van der Waals surface area contributed by atoms with Crippen LogP contribution in [-0.2, 0) is 0 Å². The van der Waals surface area contributed by atoms with Gasteiger partial charge in [0.25, 0.3) is 5.91 Å². The first-order valence-electron chi connectivity index (χ1n) is 5.27. The van der Waals surface area contributed by atoms with E-state index in [4.69, 9.17) is 5.11 Å². The second-order valence-electron chi connectivity index (χ2n) is 4.15. The number of aliphatic hydroxyl groups excluding tert-OH is 1. The zero-order valence-electron chi connectivity index (χ0n) is 10.1. The van der Waals surface area contributed by atoms with Crippen molar-refractivity contribution < 1.29 is 9.90 Å². The smallest absolute Gasteiger partial charge is 0.293 e. The van der Waals surface area contributed by atoms with Gasteiger partial charge in [-0.15, -0.1) is 5.10 Å². The summed E-state index contributed by atoms with van der Waals surface area (Å²) >= 11 is 0. The monoisotopic (exact) mass is 226 g/mol. The maximum absolute atomic E-state index is 11.9. The molecular weight excluding hydrogens is 208 g/mol. The second kappa shape index (κ2) is 5.07. The second-order valence-corrected chi connectivity index (χ2v) is 4.15. The van der Waals surface area contributed by atoms with Gasteiger partial charge in [-0.3, -0.25) is 9.89 Å². The third kappa shape index (κ3) is 2.57. The van der Waals surface area contributed by atoms with E-state index < -0.39 is 0 Å².